The van der Waals surface area contributed by atoms with Crippen LogP contribution in [0.5, 0.6) is 0 Å². The molecule has 2 saturated heterocycles. The summed E-state index contributed by atoms with van der Waals surface area (Å²) in [5.41, 5.74) is 1.22. The maximum absolute atomic E-state index is 12.9. The third-order valence-electron chi connectivity index (χ3n) is 4.64. The van der Waals surface area contributed by atoms with E-state index in [1.807, 2.05) is 12.1 Å². The summed E-state index contributed by atoms with van der Waals surface area (Å²) in [7, 11) is 2.22. The number of nitrogens with zero attached hydrogens (tertiary/aromatic N) is 2. The van der Waals surface area contributed by atoms with Gasteiger partial charge in [-0.2, -0.15) is 0 Å². The summed E-state index contributed by atoms with van der Waals surface area (Å²) >= 11 is 0. The molecule has 0 amide bonds. The van der Waals surface area contributed by atoms with E-state index in [1.165, 1.54) is 25.2 Å². The smallest absolute Gasteiger partial charge is 0.123 e. The highest BCUT2D eigenvalue weighted by Gasteiger charge is 2.43. The largest absolute Gasteiger partial charge is 0.306 e. The number of rotatable bonds is 2. The summed E-state index contributed by atoms with van der Waals surface area (Å²) < 4.78 is 12.9. The lowest BCUT2D eigenvalue weighted by atomic mass is 9.95. The van der Waals surface area contributed by atoms with Gasteiger partial charge in [-0.25, -0.2) is 4.39 Å². The lowest BCUT2D eigenvalue weighted by Crippen LogP contribution is -2.33. The Kier molecular flexibility index (Phi) is 3.12. The Labute approximate surface area is 108 Å². The normalized spacial score (nSPS) is 32.9. The van der Waals surface area contributed by atoms with E-state index in [-0.39, 0.29) is 5.82 Å². The molecule has 3 rings (SSSR count). The predicted molar refractivity (Wildman–Crippen MR) is 70.7 cm³/mol. The molecule has 0 aliphatic carbocycles. The molecule has 0 bridgehead atoms. The van der Waals surface area contributed by atoms with E-state index in [0.29, 0.717) is 6.04 Å². The van der Waals surface area contributed by atoms with Crippen molar-refractivity contribution in [1.29, 1.82) is 0 Å². The van der Waals surface area contributed by atoms with Gasteiger partial charge in [0, 0.05) is 32.2 Å². The van der Waals surface area contributed by atoms with E-state index < -0.39 is 0 Å². The van der Waals surface area contributed by atoms with Crippen LogP contribution in [-0.4, -0.2) is 42.5 Å². The molecule has 2 aliphatic heterocycles. The van der Waals surface area contributed by atoms with Crippen LogP contribution in [0.4, 0.5) is 4.39 Å². The topological polar surface area (TPSA) is 6.48 Å². The monoisotopic (exact) mass is 248 g/mol. The Balaban J connectivity index is 1.67. The molecule has 0 unspecified atom stereocenters. The third-order valence-corrected chi connectivity index (χ3v) is 4.64. The maximum Gasteiger partial charge on any atom is 0.123 e. The summed E-state index contributed by atoms with van der Waals surface area (Å²) in [6.45, 7) is 6.94. The molecule has 2 heterocycles. The van der Waals surface area contributed by atoms with Crippen LogP contribution in [0, 0.1) is 17.7 Å². The summed E-state index contributed by atoms with van der Waals surface area (Å²) in [5.74, 6) is 1.49. The van der Waals surface area contributed by atoms with Crippen molar-refractivity contribution >= 4 is 0 Å². The standard InChI is InChI=1S/C15H21FN2/c1-11-15-10-17(2)8-13(15)9-18(11)7-12-3-5-14(16)6-4-12/h3-6,11,13,15H,7-10H2,1-2H3/t11-,13+,15-/m1/s1. The Hall–Kier alpha value is -0.930. The third kappa shape index (κ3) is 2.17. The average Bonchev–Trinajstić information content (AvgIpc) is 2.82. The number of likely N-dealkylation sites (tertiary alicyclic amines) is 2. The van der Waals surface area contributed by atoms with E-state index in [4.69, 9.17) is 0 Å². The van der Waals surface area contributed by atoms with Crippen LogP contribution in [0.2, 0.25) is 0 Å². The molecular formula is C15H21FN2. The van der Waals surface area contributed by atoms with E-state index in [1.54, 1.807) is 12.1 Å². The van der Waals surface area contributed by atoms with E-state index in [2.05, 4.69) is 23.8 Å². The van der Waals surface area contributed by atoms with Crippen molar-refractivity contribution in [3.63, 3.8) is 0 Å². The molecule has 0 aromatic heterocycles. The molecule has 0 radical (unpaired) electrons. The van der Waals surface area contributed by atoms with Gasteiger partial charge in [0.15, 0.2) is 0 Å². The fourth-order valence-electron chi connectivity index (χ4n) is 3.63. The first-order valence-corrected chi connectivity index (χ1v) is 6.80. The van der Waals surface area contributed by atoms with E-state index in [0.717, 1.165) is 18.4 Å². The van der Waals surface area contributed by atoms with Crippen LogP contribution in [-0.2, 0) is 6.54 Å². The molecule has 0 spiro atoms. The summed E-state index contributed by atoms with van der Waals surface area (Å²) in [6.07, 6.45) is 0. The van der Waals surface area contributed by atoms with Crippen LogP contribution in [0.15, 0.2) is 24.3 Å². The number of hydrogen-bond acceptors (Lipinski definition) is 2. The SMILES string of the molecule is C[C@@H]1[C@H]2CN(C)C[C@H]2CN1Cc1ccc(F)cc1. The molecule has 98 valence electrons. The van der Waals surface area contributed by atoms with Gasteiger partial charge in [0.05, 0.1) is 0 Å². The number of hydrogen-bond donors (Lipinski definition) is 0. The molecule has 2 fully saturated rings. The van der Waals surface area contributed by atoms with Crippen LogP contribution in [0.3, 0.4) is 0 Å². The van der Waals surface area contributed by atoms with Gasteiger partial charge in [-0.15, -0.1) is 0 Å². The maximum atomic E-state index is 12.9. The van der Waals surface area contributed by atoms with Crippen molar-refractivity contribution in [2.24, 2.45) is 11.8 Å². The van der Waals surface area contributed by atoms with Crippen molar-refractivity contribution in [2.45, 2.75) is 19.5 Å². The van der Waals surface area contributed by atoms with Crippen LogP contribution in [0.25, 0.3) is 0 Å². The molecular weight excluding hydrogens is 227 g/mol. The summed E-state index contributed by atoms with van der Waals surface area (Å²) in [4.78, 5) is 5.00. The summed E-state index contributed by atoms with van der Waals surface area (Å²) in [5, 5.41) is 0. The minimum absolute atomic E-state index is 0.147. The van der Waals surface area contributed by atoms with Crippen molar-refractivity contribution in [3.8, 4) is 0 Å². The van der Waals surface area contributed by atoms with Gasteiger partial charge in [0.2, 0.25) is 0 Å². The fraction of sp³-hybridized carbons (Fsp3) is 0.600. The van der Waals surface area contributed by atoms with E-state index in [9.17, 15) is 4.39 Å². The lowest BCUT2D eigenvalue weighted by molar-refractivity contribution is 0.210. The highest BCUT2D eigenvalue weighted by Crippen LogP contribution is 2.36. The van der Waals surface area contributed by atoms with E-state index >= 15 is 0 Å². The molecule has 0 saturated carbocycles. The Bertz CT molecular complexity index is 417. The average molecular weight is 248 g/mol. The predicted octanol–water partition coefficient (Wildman–Crippen LogP) is 2.21. The minimum Gasteiger partial charge on any atom is -0.306 e. The zero-order valence-corrected chi connectivity index (χ0v) is 11.1. The second-order valence-corrected chi connectivity index (χ2v) is 5.94. The highest BCUT2D eigenvalue weighted by atomic mass is 19.1. The molecule has 1 aromatic rings. The molecule has 2 nitrogen and oxygen atoms in total. The van der Waals surface area contributed by atoms with Gasteiger partial charge in [0.1, 0.15) is 5.82 Å². The minimum atomic E-state index is -0.147. The Morgan fingerprint density at radius 2 is 1.89 bits per heavy atom. The van der Waals surface area contributed by atoms with Crippen molar-refractivity contribution in [3.05, 3.63) is 35.6 Å². The Morgan fingerprint density at radius 1 is 1.17 bits per heavy atom. The Morgan fingerprint density at radius 3 is 2.56 bits per heavy atom. The van der Waals surface area contributed by atoms with Gasteiger partial charge >= 0.3 is 0 Å². The quantitative estimate of drug-likeness (QED) is 0.792. The van der Waals surface area contributed by atoms with Crippen molar-refractivity contribution in [2.75, 3.05) is 26.7 Å². The van der Waals surface area contributed by atoms with Crippen molar-refractivity contribution in [1.82, 2.24) is 9.80 Å². The second-order valence-electron chi connectivity index (χ2n) is 5.94. The van der Waals surface area contributed by atoms with Gasteiger partial charge in [-0.05, 0) is 43.5 Å². The first kappa shape index (κ1) is 12.1. The number of fused-ring (bicyclic) bond motifs is 1. The number of benzene rings is 1. The zero-order valence-electron chi connectivity index (χ0n) is 11.1. The highest BCUT2D eigenvalue weighted by molar-refractivity contribution is 5.16. The van der Waals surface area contributed by atoms with Crippen molar-refractivity contribution < 1.29 is 4.39 Å². The molecule has 0 N–H and O–H groups in total. The zero-order chi connectivity index (χ0) is 12.7. The molecule has 2 aliphatic rings. The first-order chi connectivity index (χ1) is 8.63. The molecule has 18 heavy (non-hydrogen) atoms. The van der Waals surface area contributed by atoms with Crippen LogP contribution >= 0.6 is 0 Å². The lowest BCUT2D eigenvalue weighted by Gasteiger charge is -2.25. The first-order valence-electron chi connectivity index (χ1n) is 6.80. The van der Waals surface area contributed by atoms with Gasteiger partial charge in [0.25, 0.3) is 0 Å². The molecule has 3 atom stereocenters. The van der Waals surface area contributed by atoms with Crippen LogP contribution in [0.1, 0.15) is 12.5 Å². The van der Waals surface area contributed by atoms with Crippen LogP contribution < -0.4 is 0 Å². The molecule has 1 aromatic carbocycles. The summed E-state index contributed by atoms with van der Waals surface area (Å²) in [6, 6.07) is 7.57. The number of halogens is 1. The van der Waals surface area contributed by atoms with Gasteiger partial charge < -0.3 is 4.90 Å². The van der Waals surface area contributed by atoms with Gasteiger partial charge in [-0.1, -0.05) is 12.1 Å². The molecule has 3 heteroatoms. The second kappa shape index (κ2) is 4.63. The van der Waals surface area contributed by atoms with Gasteiger partial charge in [-0.3, -0.25) is 4.90 Å². The fourth-order valence-corrected chi connectivity index (χ4v) is 3.63.